The quantitative estimate of drug-likeness (QED) is 0.490. The standard InChI is InChI=1S/C20H21N7O2/c1-21-17-8-16(25-19-14(20(29)22-2)9-24-27(17)19)15-10-26(11-6-12(28)7-11)18-13(15)4-3-5-23-18/h3-5,8-12,21,28H,6-7H2,1-2H3,(H,22,29)/t11-,12+. The second-order valence-electron chi connectivity index (χ2n) is 7.25. The van der Waals surface area contributed by atoms with Crippen molar-refractivity contribution in [2.45, 2.75) is 25.0 Å². The Kier molecular flexibility index (Phi) is 3.99. The number of carbonyl (C=O) groups excluding carboxylic acids is 1. The number of aliphatic hydroxyl groups excluding tert-OH is 1. The molecule has 5 rings (SSSR count). The molecule has 9 nitrogen and oxygen atoms in total. The Balaban J connectivity index is 1.73. The summed E-state index contributed by atoms with van der Waals surface area (Å²) in [7, 11) is 3.39. The number of nitrogens with zero attached hydrogens (tertiary/aromatic N) is 5. The molecule has 29 heavy (non-hydrogen) atoms. The lowest BCUT2D eigenvalue weighted by molar-refractivity contribution is 0.0501. The fourth-order valence-electron chi connectivity index (χ4n) is 3.93. The number of anilines is 1. The average Bonchev–Trinajstić information content (AvgIpc) is 3.32. The Bertz CT molecular complexity index is 1240. The van der Waals surface area contributed by atoms with Crippen molar-refractivity contribution >= 4 is 28.4 Å². The Morgan fingerprint density at radius 2 is 2.10 bits per heavy atom. The van der Waals surface area contributed by atoms with Gasteiger partial charge in [-0.25, -0.2) is 9.97 Å². The van der Waals surface area contributed by atoms with E-state index in [4.69, 9.17) is 4.98 Å². The first-order valence-corrected chi connectivity index (χ1v) is 9.53. The molecule has 1 amide bonds. The van der Waals surface area contributed by atoms with Crippen molar-refractivity contribution < 1.29 is 9.90 Å². The number of aliphatic hydroxyl groups is 1. The molecule has 9 heteroatoms. The molecule has 0 spiro atoms. The zero-order valence-electron chi connectivity index (χ0n) is 16.1. The summed E-state index contributed by atoms with van der Waals surface area (Å²) in [6.45, 7) is 0. The molecule has 4 aromatic rings. The highest BCUT2D eigenvalue weighted by molar-refractivity contribution is 6.00. The van der Waals surface area contributed by atoms with Gasteiger partial charge < -0.3 is 20.3 Å². The highest BCUT2D eigenvalue weighted by Crippen LogP contribution is 2.38. The predicted molar refractivity (Wildman–Crippen MR) is 109 cm³/mol. The summed E-state index contributed by atoms with van der Waals surface area (Å²) in [6.07, 6.45) is 6.52. The summed E-state index contributed by atoms with van der Waals surface area (Å²) in [6, 6.07) is 6.05. The van der Waals surface area contributed by atoms with Gasteiger partial charge in [0.15, 0.2) is 5.65 Å². The van der Waals surface area contributed by atoms with E-state index in [-0.39, 0.29) is 18.1 Å². The van der Waals surface area contributed by atoms with Crippen LogP contribution in [0.25, 0.3) is 27.9 Å². The zero-order chi connectivity index (χ0) is 20.1. The van der Waals surface area contributed by atoms with Gasteiger partial charge in [-0.05, 0) is 25.0 Å². The van der Waals surface area contributed by atoms with Crippen LogP contribution in [0.5, 0.6) is 0 Å². The average molecular weight is 391 g/mol. The highest BCUT2D eigenvalue weighted by Gasteiger charge is 2.30. The van der Waals surface area contributed by atoms with E-state index in [9.17, 15) is 9.90 Å². The van der Waals surface area contributed by atoms with Gasteiger partial charge in [-0.1, -0.05) is 0 Å². The van der Waals surface area contributed by atoms with E-state index in [1.165, 1.54) is 6.20 Å². The minimum absolute atomic E-state index is 0.222. The monoisotopic (exact) mass is 391 g/mol. The summed E-state index contributed by atoms with van der Waals surface area (Å²) in [5.41, 5.74) is 3.42. The lowest BCUT2D eigenvalue weighted by Crippen LogP contribution is -2.30. The topological polar surface area (TPSA) is 109 Å². The van der Waals surface area contributed by atoms with Crippen molar-refractivity contribution in [2.75, 3.05) is 19.4 Å². The Morgan fingerprint density at radius 1 is 1.28 bits per heavy atom. The minimum Gasteiger partial charge on any atom is -0.393 e. The molecule has 0 unspecified atom stereocenters. The van der Waals surface area contributed by atoms with Crippen LogP contribution in [0.2, 0.25) is 0 Å². The van der Waals surface area contributed by atoms with E-state index in [1.54, 1.807) is 24.8 Å². The number of hydrogen-bond acceptors (Lipinski definition) is 6. The number of amides is 1. The SMILES string of the molecule is CNC(=O)c1cnn2c(NC)cc(-c3cn([C@H]4C[C@@H](O)C4)c4ncccc34)nc12. The Hall–Kier alpha value is -3.46. The van der Waals surface area contributed by atoms with E-state index in [0.29, 0.717) is 11.2 Å². The number of fused-ring (bicyclic) bond motifs is 2. The Morgan fingerprint density at radius 3 is 2.83 bits per heavy atom. The smallest absolute Gasteiger partial charge is 0.256 e. The molecule has 148 valence electrons. The number of pyridine rings is 1. The van der Waals surface area contributed by atoms with Crippen LogP contribution in [0.1, 0.15) is 29.2 Å². The molecule has 1 saturated carbocycles. The first-order chi connectivity index (χ1) is 14.1. The lowest BCUT2D eigenvalue weighted by Gasteiger charge is -2.32. The van der Waals surface area contributed by atoms with Gasteiger partial charge in [-0.15, -0.1) is 0 Å². The molecule has 0 saturated heterocycles. The summed E-state index contributed by atoms with van der Waals surface area (Å²) >= 11 is 0. The van der Waals surface area contributed by atoms with Gasteiger partial charge in [0.1, 0.15) is 17.0 Å². The first-order valence-electron chi connectivity index (χ1n) is 9.53. The molecule has 1 aliphatic carbocycles. The number of aromatic nitrogens is 5. The van der Waals surface area contributed by atoms with Gasteiger partial charge in [0, 0.05) is 49.5 Å². The minimum atomic E-state index is -0.253. The summed E-state index contributed by atoms with van der Waals surface area (Å²) in [5, 5.41) is 20.8. The molecule has 4 aromatic heterocycles. The van der Waals surface area contributed by atoms with Crippen molar-refractivity contribution in [1.82, 2.24) is 29.5 Å². The summed E-state index contributed by atoms with van der Waals surface area (Å²) in [4.78, 5) is 21.6. The lowest BCUT2D eigenvalue weighted by atomic mass is 9.89. The maximum Gasteiger partial charge on any atom is 0.256 e. The second-order valence-corrected chi connectivity index (χ2v) is 7.25. The number of nitrogens with one attached hydrogen (secondary N) is 2. The van der Waals surface area contributed by atoms with E-state index >= 15 is 0 Å². The zero-order valence-corrected chi connectivity index (χ0v) is 16.1. The van der Waals surface area contributed by atoms with Crippen LogP contribution in [0.15, 0.2) is 36.8 Å². The molecule has 1 fully saturated rings. The molecule has 0 aromatic carbocycles. The normalized spacial score (nSPS) is 18.7. The van der Waals surface area contributed by atoms with Crippen molar-refractivity contribution in [3.05, 3.63) is 42.4 Å². The van der Waals surface area contributed by atoms with Gasteiger partial charge in [0.2, 0.25) is 0 Å². The Labute approximate surface area is 166 Å². The maximum atomic E-state index is 12.3. The second kappa shape index (κ2) is 6.56. The van der Waals surface area contributed by atoms with Crippen LogP contribution < -0.4 is 10.6 Å². The van der Waals surface area contributed by atoms with Crippen molar-refractivity contribution in [2.24, 2.45) is 0 Å². The van der Waals surface area contributed by atoms with E-state index in [1.807, 2.05) is 24.4 Å². The van der Waals surface area contributed by atoms with Gasteiger partial charge in [-0.2, -0.15) is 9.61 Å². The van der Waals surface area contributed by atoms with E-state index in [0.717, 1.165) is 41.0 Å². The van der Waals surface area contributed by atoms with Gasteiger partial charge in [-0.3, -0.25) is 4.79 Å². The molecule has 0 bridgehead atoms. The first kappa shape index (κ1) is 17.6. The van der Waals surface area contributed by atoms with Crippen molar-refractivity contribution in [3.8, 4) is 11.3 Å². The molecular weight excluding hydrogens is 370 g/mol. The molecule has 4 heterocycles. The molecule has 3 N–H and O–H groups in total. The molecule has 0 aliphatic heterocycles. The van der Waals surface area contributed by atoms with Crippen LogP contribution in [-0.2, 0) is 0 Å². The van der Waals surface area contributed by atoms with Crippen LogP contribution in [0.3, 0.4) is 0 Å². The maximum absolute atomic E-state index is 12.3. The third-order valence-electron chi connectivity index (χ3n) is 5.55. The van der Waals surface area contributed by atoms with E-state index < -0.39 is 0 Å². The molecule has 0 radical (unpaired) electrons. The van der Waals surface area contributed by atoms with Crippen molar-refractivity contribution in [1.29, 1.82) is 0 Å². The van der Waals surface area contributed by atoms with Gasteiger partial charge in [0.25, 0.3) is 5.91 Å². The molecular formula is C20H21N7O2. The predicted octanol–water partition coefficient (Wildman–Crippen LogP) is 1.84. The summed E-state index contributed by atoms with van der Waals surface area (Å²) < 4.78 is 3.74. The van der Waals surface area contributed by atoms with Gasteiger partial charge in [0.05, 0.1) is 18.0 Å². The van der Waals surface area contributed by atoms with Crippen LogP contribution >= 0.6 is 0 Å². The third-order valence-corrected chi connectivity index (χ3v) is 5.55. The molecule has 1 aliphatic rings. The van der Waals surface area contributed by atoms with Gasteiger partial charge >= 0.3 is 0 Å². The fourth-order valence-corrected chi connectivity index (χ4v) is 3.93. The summed E-state index contributed by atoms with van der Waals surface area (Å²) in [5.74, 6) is 0.489. The largest absolute Gasteiger partial charge is 0.393 e. The van der Waals surface area contributed by atoms with Crippen LogP contribution in [0, 0.1) is 0 Å². The molecule has 0 atom stereocenters. The van der Waals surface area contributed by atoms with Crippen molar-refractivity contribution in [3.63, 3.8) is 0 Å². The number of hydrogen-bond donors (Lipinski definition) is 3. The van der Waals surface area contributed by atoms with E-state index in [2.05, 4.69) is 25.3 Å². The number of rotatable bonds is 4. The highest BCUT2D eigenvalue weighted by atomic mass is 16.3. The fraction of sp³-hybridized carbons (Fsp3) is 0.300. The van der Waals surface area contributed by atoms with Crippen LogP contribution in [-0.4, -0.2) is 55.4 Å². The number of carbonyl (C=O) groups is 1. The van der Waals surface area contributed by atoms with Crippen LogP contribution in [0.4, 0.5) is 5.82 Å². The third kappa shape index (κ3) is 2.65.